The number of carboxylic acids is 1. The van der Waals surface area contributed by atoms with Crippen molar-refractivity contribution >= 4 is 11.8 Å². The van der Waals surface area contributed by atoms with Crippen molar-refractivity contribution in [3.05, 3.63) is 17.6 Å². The van der Waals surface area contributed by atoms with E-state index in [4.69, 9.17) is 5.11 Å². The highest BCUT2D eigenvalue weighted by Gasteiger charge is 2.34. The molecule has 1 N–H and O–H groups in total. The number of piperidine rings is 1. The maximum absolute atomic E-state index is 12.7. The van der Waals surface area contributed by atoms with Crippen LogP contribution in [0.25, 0.3) is 0 Å². The number of alkyl halides is 3. The fraction of sp³-hybridized carbons (Fsp3) is 0.583. The summed E-state index contributed by atoms with van der Waals surface area (Å²) in [6.07, 6.45) is -3.40. The van der Waals surface area contributed by atoms with Gasteiger partial charge in [-0.25, -0.2) is 9.97 Å². The van der Waals surface area contributed by atoms with Gasteiger partial charge in [-0.1, -0.05) is 0 Å². The molecule has 0 saturated carbocycles. The molecule has 0 aliphatic carbocycles. The van der Waals surface area contributed by atoms with E-state index in [1.165, 1.54) is 6.92 Å². The van der Waals surface area contributed by atoms with Crippen LogP contribution in [0.1, 0.15) is 24.4 Å². The Hall–Kier alpha value is -1.86. The van der Waals surface area contributed by atoms with Crippen molar-refractivity contribution in [2.24, 2.45) is 5.92 Å². The molecule has 1 aliphatic rings. The molecule has 0 radical (unpaired) electrons. The number of aliphatic carboxylic acids is 1. The van der Waals surface area contributed by atoms with Crippen molar-refractivity contribution < 1.29 is 23.1 Å². The summed E-state index contributed by atoms with van der Waals surface area (Å²) in [4.78, 5) is 19.9. The molecule has 0 spiro atoms. The largest absolute Gasteiger partial charge is 0.481 e. The summed E-state index contributed by atoms with van der Waals surface area (Å²) < 4.78 is 38.2. The number of nitrogens with zero attached hydrogens (tertiary/aromatic N) is 3. The van der Waals surface area contributed by atoms with Gasteiger partial charge in [0, 0.05) is 19.2 Å². The van der Waals surface area contributed by atoms with E-state index in [9.17, 15) is 18.0 Å². The second-order valence-corrected chi connectivity index (χ2v) is 4.78. The smallest absolute Gasteiger partial charge is 0.433 e. The van der Waals surface area contributed by atoms with Gasteiger partial charge in [0.15, 0.2) is 0 Å². The molecule has 1 atom stereocenters. The number of hydrogen-bond donors (Lipinski definition) is 1. The molecular formula is C12H14F3N3O2. The first-order chi connectivity index (χ1) is 9.27. The van der Waals surface area contributed by atoms with Gasteiger partial charge >= 0.3 is 12.1 Å². The van der Waals surface area contributed by atoms with Gasteiger partial charge < -0.3 is 10.0 Å². The predicted molar refractivity (Wildman–Crippen MR) is 64.3 cm³/mol. The molecular weight excluding hydrogens is 275 g/mol. The maximum Gasteiger partial charge on any atom is 0.433 e. The van der Waals surface area contributed by atoms with Crippen molar-refractivity contribution in [2.45, 2.75) is 25.9 Å². The molecule has 0 bridgehead atoms. The fourth-order valence-electron chi connectivity index (χ4n) is 2.25. The van der Waals surface area contributed by atoms with E-state index in [0.717, 1.165) is 6.07 Å². The SMILES string of the molecule is Cc1nc(N2CCC[C@H](C(=O)O)C2)cc(C(F)(F)F)n1. The Morgan fingerprint density at radius 1 is 1.45 bits per heavy atom. The van der Waals surface area contributed by atoms with Crippen LogP contribution < -0.4 is 4.90 Å². The first-order valence-electron chi connectivity index (χ1n) is 6.18. The zero-order chi connectivity index (χ0) is 14.9. The molecule has 5 nitrogen and oxygen atoms in total. The number of anilines is 1. The molecule has 1 fully saturated rings. The van der Waals surface area contributed by atoms with Gasteiger partial charge in [0.1, 0.15) is 17.3 Å². The van der Waals surface area contributed by atoms with Crippen LogP contribution in [0.2, 0.25) is 0 Å². The minimum absolute atomic E-state index is 0.0206. The summed E-state index contributed by atoms with van der Waals surface area (Å²) in [7, 11) is 0. The van der Waals surface area contributed by atoms with Crippen LogP contribution in [0, 0.1) is 12.8 Å². The highest BCUT2D eigenvalue weighted by atomic mass is 19.4. The summed E-state index contributed by atoms with van der Waals surface area (Å²) in [6, 6.07) is 0.872. The van der Waals surface area contributed by atoms with E-state index < -0.39 is 23.8 Å². The topological polar surface area (TPSA) is 66.3 Å². The quantitative estimate of drug-likeness (QED) is 0.903. The second kappa shape index (κ2) is 5.26. The zero-order valence-corrected chi connectivity index (χ0v) is 10.8. The van der Waals surface area contributed by atoms with Gasteiger partial charge in [0.25, 0.3) is 0 Å². The summed E-state index contributed by atoms with van der Waals surface area (Å²) in [5.41, 5.74) is -1.00. The van der Waals surface area contributed by atoms with E-state index >= 15 is 0 Å². The van der Waals surface area contributed by atoms with E-state index in [1.54, 1.807) is 4.90 Å². The van der Waals surface area contributed by atoms with Crippen molar-refractivity contribution in [1.82, 2.24) is 9.97 Å². The Labute approximate surface area is 113 Å². The molecule has 110 valence electrons. The average Bonchev–Trinajstić information content (AvgIpc) is 2.37. The summed E-state index contributed by atoms with van der Waals surface area (Å²) in [5, 5.41) is 9.00. The number of aromatic nitrogens is 2. The van der Waals surface area contributed by atoms with Crippen LogP contribution in [0.15, 0.2) is 6.07 Å². The lowest BCUT2D eigenvalue weighted by Gasteiger charge is -2.31. The summed E-state index contributed by atoms with van der Waals surface area (Å²) in [5.74, 6) is -1.35. The number of halogens is 3. The molecule has 2 rings (SSSR count). The average molecular weight is 289 g/mol. The lowest BCUT2D eigenvalue weighted by atomic mass is 9.98. The molecule has 8 heteroatoms. The highest BCUT2D eigenvalue weighted by molar-refractivity contribution is 5.71. The minimum Gasteiger partial charge on any atom is -0.481 e. The van der Waals surface area contributed by atoms with Gasteiger partial charge in [-0.2, -0.15) is 13.2 Å². The Balaban J connectivity index is 2.28. The van der Waals surface area contributed by atoms with Gasteiger partial charge in [-0.05, 0) is 19.8 Å². The van der Waals surface area contributed by atoms with Gasteiger partial charge in [0.05, 0.1) is 5.92 Å². The molecule has 1 aromatic rings. The van der Waals surface area contributed by atoms with Crippen LogP contribution in [-0.2, 0) is 11.0 Å². The first-order valence-corrected chi connectivity index (χ1v) is 6.18. The molecule has 1 aromatic heterocycles. The number of aryl methyl sites for hydroxylation is 1. The molecule has 20 heavy (non-hydrogen) atoms. The minimum atomic E-state index is -4.54. The highest BCUT2D eigenvalue weighted by Crippen LogP contribution is 2.30. The number of rotatable bonds is 2. The third-order valence-corrected chi connectivity index (χ3v) is 3.21. The zero-order valence-electron chi connectivity index (χ0n) is 10.8. The third-order valence-electron chi connectivity index (χ3n) is 3.21. The van der Waals surface area contributed by atoms with E-state index in [0.29, 0.717) is 19.4 Å². The van der Waals surface area contributed by atoms with Crippen LogP contribution in [-0.4, -0.2) is 34.1 Å². The molecule has 0 amide bonds. The monoisotopic (exact) mass is 289 g/mol. The fourth-order valence-corrected chi connectivity index (χ4v) is 2.25. The molecule has 1 aliphatic heterocycles. The van der Waals surface area contributed by atoms with E-state index in [1.807, 2.05) is 0 Å². The van der Waals surface area contributed by atoms with Crippen molar-refractivity contribution in [2.75, 3.05) is 18.0 Å². The Morgan fingerprint density at radius 2 is 2.15 bits per heavy atom. The summed E-state index contributed by atoms with van der Waals surface area (Å²) >= 11 is 0. The first kappa shape index (κ1) is 14.5. The molecule has 0 unspecified atom stereocenters. The van der Waals surface area contributed by atoms with Gasteiger partial charge in [-0.15, -0.1) is 0 Å². The lowest BCUT2D eigenvalue weighted by molar-refractivity contribution is -0.142. The van der Waals surface area contributed by atoms with Crippen molar-refractivity contribution in [3.8, 4) is 0 Å². The van der Waals surface area contributed by atoms with E-state index in [2.05, 4.69) is 9.97 Å². The predicted octanol–water partition coefficient (Wildman–Crippen LogP) is 2.10. The standard InChI is InChI=1S/C12H14F3N3O2/c1-7-16-9(12(13,14)15)5-10(17-7)18-4-2-3-8(6-18)11(19)20/h5,8H,2-4,6H2,1H3,(H,19,20)/t8-/m0/s1. The Morgan fingerprint density at radius 3 is 2.75 bits per heavy atom. The molecule has 1 saturated heterocycles. The Bertz CT molecular complexity index is 519. The lowest BCUT2D eigenvalue weighted by Crippen LogP contribution is -2.39. The maximum atomic E-state index is 12.7. The van der Waals surface area contributed by atoms with E-state index in [-0.39, 0.29) is 18.2 Å². The van der Waals surface area contributed by atoms with Crippen LogP contribution in [0.4, 0.5) is 19.0 Å². The Kier molecular flexibility index (Phi) is 3.82. The van der Waals surface area contributed by atoms with Gasteiger partial charge in [0.2, 0.25) is 0 Å². The van der Waals surface area contributed by atoms with Crippen molar-refractivity contribution in [1.29, 1.82) is 0 Å². The van der Waals surface area contributed by atoms with Crippen LogP contribution in [0.5, 0.6) is 0 Å². The van der Waals surface area contributed by atoms with Gasteiger partial charge in [-0.3, -0.25) is 4.79 Å². The third kappa shape index (κ3) is 3.17. The van der Waals surface area contributed by atoms with Crippen LogP contribution in [0.3, 0.4) is 0 Å². The number of carboxylic acid groups (broad SMARTS) is 1. The van der Waals surface area contributed by atoms with Crippen molar-refractivity contribution in [3.63, 3.8) is 0 Å². The normalized spacial score (nSPS) is 20.0. The molecule has 0 aromatic carbocycles. The second-order valence-electron chi connectivity index (χ2n) is 4.78. The van der Waals surface area contributed by atoms with Crippen LogP contribution >= 0.6 is 0 Å². The molecule has 2 heterocycles. The summed E-state index contributed by atoms with van der Waals surface area (Å²) in [6.45, 7) is 2.05. The number of carbonyl (C=O) groups is 1. The number of hydrogen-bond acceptors (Lipinski definition) is 4.